The summed E-state index contributed by atoms with van der Waals surface area (Å²) in [5.74, 6) is 3.26. The van der Waals surface area contributed by atoms with Crippen LogP contribution >= 0.6 is 23.1 Å². The van der Waals surface area contributed by atoms with E-state index in [0.29, 0.717) is 6.04 Å². The molecule has 2 aliphatic heterocycles. The summed E-state index contributed by atoms with van der Waals surface area (Å²) in [4.78, 5) is 0. The molecule has 0 aliphatic carbocycles. The van der Waals surface area contributed by atoms with E-state index in [1.165, 1.54) is 42.8 Å². The summed E-state index contributed by atoms with van der Waals surface area (Å²) in [6.45, 7) is 4.24. The highest BCUT2D eigenvalue weighted by atomic mass is 32.2. The molecular weight excluding hydrogens is 286 g/mol. The fourth-order valence-corrected chi connectivity index (χ4v) is 5.66. The van der Waals surface area contributed by atoms with Crippen LogP contribution in [-0.4, -0.2) is 36.3 Å². The van der Waals surface area contributed by atoms with Crippen LogP contribution in [0.25, 0.3) is 0 Å². The van der Waals surface area contributed by atoms with Gasteiger partial charge >= 0.3 is 0 Å². The van der Waals surface area contributed by atoms with Crippen molar-refractivity contribution in [2.75, 3.05) is 24.7 Å². The van der Waals surface area contributed by atoms with Gasteiger partial charge in [-0.25, -0.2) is 0 Å². The van der Waals surface area contributed by atoms with Gasteiger partial charge in [-0.2, -0.15) is 23.1 Å². The van der Waals surface area contributed by atoms with E-state index in [1.807, 2.05) is 11.3 Å². The van der Waals surface area contributed by atoms with Crippen LogP contribution in [0, 0.1) is 5.92 Å². The summed E-state index contributed by atoms with van der Waals surface area (Å²) >= 11 is 3.88. The first kappa shape index (κ1) is 14.9. The number of thiophene rings is 1. The van der Waals surface area contributed by atoms with Crippen molar-refractivity contribution in [3.8, 4) is 0 Å². The van der Waals surface area contributed by atoms with Gasteiger partial charge in [0, 0.05) is 18.4 Å². The summed E-state index contributed by atoms with van der Waals surface area (Å²) < 4.78 is 6.17. The van der Waals surface area contributed by atoms with Crippen molar-refractivity contribution in [3.63, 3.8) is 0 Å². The third-order valence-corrected chi connectivity index (χ3v) is 6.62. The lowest BCUT2D eigenvalue weighted by Gasteiger charge is -2.41. The Morgan fingerprint density at radius 1 is 1.55 bits per heavy atom. The van der Waals surface area contributed by atoms with Gasteiger partial charge < -0.3 is 10.1 Å². The molecule has 3 unspecified atom stereocenters. The fraction of sp³-hybridized carbons (Fsp3) is 0.750. The molecule has 3 rings (SSSR count). The van der Waals surface area contributed by atoms with Gasteiger partial charge in [0.05, 0.1) is 5.60 Å². The Labute approximate surface area is 130 Å². The van der Waals surface area contributed by atoms with Gasteiger partial charge in [0.1, 0.15) is 0 Å². The average Bonchev–Trinajstić information content (AvgIpc) is 3.11. The van der Waals surface area contributed by atoms with Crippen molar-refractivity contribution in [2.45, 2.75) is 44.2 Å². The lowest BCUT2D eigenvalue weighted by atomic mass is 9.79. The fourth-order valence-electron chi connectivity index (χ4n) is 3.60. The highest BCUT2D eigenvalue weighted by Crippen LogP contribution is 2.41. The second-order valence-corrected chi connectivity index (χ2v) is 7.97. The van der Waals surface area contributed by atoms with E-state index >= 15 is 0 Å². The van der Waals surface area contributed by atoms with Crippen LogP contribution in [0.2, 0.25) is 0 Å². The molecule has 0 saturated carbocycles. The predicted octanol–water partition coefficient (Wildman–Crippen LogP) is 3.57. The Morgan fingerprint density at radius 2 is 2.50 bits per heavy atom. The number of thioether (sulfide) groups is 1. The topological polar surface area (TPSA) is 21.3 Å². The molecule has 2 saturated heterocycles. The van der Waals surface area contributed by atoms with Crippen molar-refractivity contribution < 1.29 is 4.74 Å². The minimum atomic E-state index is 0.204. The van der Waals surface area contributed by atoms with Crippen molar-refractivity contribution >= 4 is 23.1 Å². The molecule has 3 heterocycles. The van der Waals surface area contributed by atoms with Crippen LogP contribution < -0.4 is 5.32 Å². The highest BCUT2D eigenvalue weighted by Gasteiger charge is 2.42. The summed E-state index contributed by atoms with van der Waals surface area (Å²) in [6.07, 6.45) is 4.90. The summed E-state index contributed by atoms with van der Waals surface area (Å²) in [7, 11) is 0. The van der Waals surface area contributed by atoms with Gasteiger partial charge in [-0.3, -0.25) is 0 Å². The van der Waals surface area contributed by atoms with Crippen LogP contribution in [0.15, 0.2) is 16.8 Å². The smallest absolute Gasteiger partial charge is 0.0783 e. The predicted molar refractivity (Wildman–Crippen MR) is 88.8 cm³/mol. The van der Waals surface area contributed by atoms with Crippen molar-refractivity contribution in [2.24, 2.45) is 5.92 Å². The number of nitrogens with one attached hydrogen (secondary N) is 1. The molecule has 4 heteroatoms. The lowest BCUT2D eigenvalue weighted by molar-refractivity contribution is -0.0849. The molecule has 1 aromatic heterocycles. The molecule has 0 radical (unpaired) electrons. The van der Waals surface area contributed by atoms with E-state index in [-0.39, 0.29) is 5.60 Å². The van der Waals surface area contributed by atoms with E-state index in [1.54, 1.807) is 0 Å². The molecule has 1 aromatic rings. The first-order chi connectivity index (χ1) is 9.81. The van der Waals surface area contributed by atoms with Gasteiger partial charge in [0.2, 0.25) is 0 Å². The van der Waals surface area contributed by atoms with Crippen molar-refractivity contribution in [1.82, 2.24) is 5.32 Å². The maximum atomic E-state index is 6.17. The molecule has 2 aliphatic rings. The summed E-state index contributed by atoms with van der Waals surface area (Å²) in [5.41, 5.74) is 1.69. The SMILES string of the molecule is CCNC(Cc1ccsc1)C1CCOC2(CCSC2)C1. The van der Waals surface area contributed by atoms with E-state index in [9.17, 15) is 0 Å². The zero-order valence-corrected chi connectivity index (χ0v) is 13.9. The third-order valence-electron chi connectivity index (χ3n) is 4.67. The molecule has 0 bridgehead atoms. The van der Waals surface area contributed by atoms with Gasteiger partial charge in [-0.05, 0) is 66.3 Å². The average molecular weight is 312 g/mol. The van der Waals surface area contributed by atoms with Crippen LogP contribution in [0.1, 0.15) is 31.7 Å². The lowest BCUT2D eigenvalue weighted by Crippen LogP contribution is -2.47. The number of ether oxygens (including phenoxy) is 1. The number of hydrogen-bond acceptors (Lipinski definition) is 4. The molecule has 1 N–H and O–H groups in total. The maximum absolute atomic E-state index is 6.17. The molecule has 3 atom stereocenters. The van der Waals surface area contributed by atoms with Crippen molar-refractivity contribution in [3.05, 3.63) is 22.4 Å². The second-order valence-electron chi connectivity index (χ2n) is 6.09. The van der Waals surface area contributed by atoms with E-state index in [0.717, 1.165) is 19.1 Å². The maximum Gasteiger partial charge on any atom is 0.0783 e. The molecule has 0 aromatic carbocycles. The Kier molecular flexibility index (Phi) is 5.08. The quantitative estimate of drug-likeness (QED) is 0.898. The Morgan fingerprint density at radius 3 is 3.20 bits per heavy atom. The largest absolute Gasteiger partial charge is 0.374 e. The van der Waals surface area contributed by atoms with Gasteiger partial charge in [0.25, 0.3) is 0 Å². The highest BCUT2D eigenvalue weighted by molar-refractivity contribution is 7.99. The first-order valence-electron chi connectivity index (χ1n) is 7.77. The van der Waals surface area contributed by atoms with Gasteiger partial charge in [-0.15, -0.1) is 0 Å². The third kappa shape index (κ3) is 3.41. The van der Waals surface area contributed by atoms with E-state index in [4.69, 9.17) is 4.74 Å². The monoisotopic (exact) mass is 311 g/mol. The van der Waals surface area contributed by atoms with Crippen LogP contribution in [-0.2, 0) is 11.2 Å². The molecule has 2 nitrogen and oxygen atoms in total. The normalized spacial score (nSPS) is 31.8. The van der Waals surface area contributed by atoms with Crippen LogP contribution in [0.5, 0.6) is 0 Å². The summed E-state index contributed by atoms with van der Waals surface area (Å²) in [5, 5.41) is 8.23. The second kappa shape index (κ2) is 6.82. The van der Waals surface area contributed by atoms with Gasteiger partial charge in [-0.1, -0.05) is 6.92 Å². The van der Waals surface area contributed by atoms with Gasteiger partial charge in [0.15, 0.2) is 0 Å². The molecule has 2 fully saturated rings. The van der Waals surface area contributed by atoms with E-state index in [2.05, 4.69) is 40.8 Å². The van der Waals surface area contributed by atoms with E-state index < -0.39 is 0 Å². The first-order valence-corrected chi connectivity index (χ1v) is 9.87. The minimum absolute atomic E-state index is 0.204. The molecular formula is C16H25NOS2. The number of likely N-dealkylation sites (N-methyl/N-ethyl adjacent to an activating group) is 1. The molecule has 112 valence electrons. The molecule has 1 spiro atoms. The zero-order chi connectivity index (χ0) is 13.8. The molecule has 20 heavy (non-hydrogen) atoms. The zero-order valence-electron chi connectivity index (χ0n) is 12.3. The minimum Gasteiger partial charge on any atom is -0.374 e. The Hall–Kier alpha value is -0.0300. The standard InChI is InChI=1S/C16H25NOS2/c1-2-17-15(9-13-4-7-19-11-13)14-3-6-18-16(10-14)5-8-20-12-16/h4,7,11,14-15,17H,2-3,5-6,8-10,12H2,1H3. The Balaban J connectivity index is 1.66. The number of hydrogen-bond donors (Lipinski definition) is 1. The Bertz CT molecular complexity index is 401. The molecule has 0 amide bonds. The van der Waals surface area contributed by atoms with Crippen LogP contribution in [0.4, 0.5) is 0 Å². The number of rotatable bonds is 5. The summed E-state index contributed by atoms with van der Waals surface area (Å²) in [6, 6.07) is 2.89. The van der Waals surface area contributed by atoms with Crippen LogP contribution in [0.3, 0.4) is 0 Å². The van der Waals surface area contributed by atoms with Crippen molar-refractivity contribution in [1.29, 1.82) is 0 Å².